The zero-order chi connectivity index (χ0) is 30.8. The average molecular weight is 600 g/mol. The zero-order valence-electron chi connectivity index (χ0n) is 24.3. The van der Waals surface area contributed by atoms with Gasteiger partial charge in [0.25, 0.3) is 0 Å². The maximum atomic E-state index is 16.0. The standard InChI is InChI=1S/C30H35F2N5O6/c1-4-34-17-23(29(40)42-5-2)28(39)22-14-24(31)27(25(32)26(22)34)36-12-10-35(11-13-36)19-6-8-20(9-7-19)37-16-21(43-30(37)41)15-33-18(3)38/h6-9,14,17,21,29,40H,4-5,10-13,15-16H2,1-3H3,(H,33,38)/t21-,29?/m0/s1. The number of aliphatic hydroxyl groups excluding tert-OH is 1. The first-order valence-electron chi connectivity index (χ1n) is 14.3. The predicted molar refractivity (Wildman–Crippen MR) is 158 cm³/mol. The number of nitrogens with zero attached hydrogens (tertiary/aromatic N) is 4. The second-order valence-corrected chi connectivity index (χ2v) is 10.5. The number of aryl methyl sites for hydroxylation is 1. The minimum atomic E-state index is -1.50. The van der Waals surface area contributed by atoms with Gasteiger partial charge < -0.3 is 34.3 Å². The number of carbonyl (C=O) groups is 2. The Morgan fingerprint density at radius 2 is 1.74 bits per heavy atom. The van der Waals surface area contributed by atoms with E-state index >= 15 is 8.78 Å². The van der Waals surface area contributed by atoms with E-state index in [0.29, 0.717) is 45.0 Å². The van der Waals surface area contributed by atoms with Crippen LogP contribution in [0.5, 0.6) is 0 Å². The number of halogens is 2. The molecule has 1 aromatic heterocycles. The highest BCUT2D eigenvalue weighted by atomic mass is 19.1. The molecule has 2 saturated heterocycles. The summed E-state index contributed by atoms with van der Waals surface area (Å²) >= 11 is 0. The molecule has 0 radical (unpaired) electrons. The number of ether oxygens (including phenoxy) is 2. The van der Waals surface area contributed by atoms with Gasteiger partial charge in [0, 0.05) is 63.8 Å². The molecule has 3 aromatic rings. The van der Waals surface area contributed by atoms with Crippen molar-refractivity contribution in [3.8, 4) is 0 Å². The van der Waals surface area contributed by atoms with Gasteiger partial charge in [-0.3, -0.25) is 14.5 Å². The molecular formula is C30H35F2N5O6. The molecule has 2 N–H and O–H groups in total. The molecule has 0 aliphatic carbocycles. The van der Waals surface area contributed by atoms with Gasteiger partial charge in [-0.2, -0.15) is 0 Å². The molecule has 43 heavy (non-hydrogen) atoms. The zero-order valence-corrected chi connectivity index (χ0v) is 24.3. The van der Waals surface area contributed by atoms with Gasteiger partial charge in [0.15, 0.2) is 17.5 Å². The first-order chi connectivity index (χ1) is 20.6. The van der Waals surface area contributed by atoms with Gasteiger partial charge in [0.2, 0.25) is 5.91 Å². The Labute approximate surface area is 247 Å². The number of anilines is 3. The second-order valence-electron chi connectivity index (χ2n) is 10.5. The Morgan fingerprint density at radius 1 is 1.09 bits per heavy atom. The number of hydrogen-bond donors (Lipinski definition) is 2. The molecule has 2 atom stereocenters. The number of benzene rings is 2. The van der Waals surface area contributed by atoms with Gasteiger partial charge in [0.1, 0.15) is 17.6 Å². The Morgan fingerprint density at radius 3 is 2.37 bits per heavy atom. The van der Waals surface area contributed by atoms with Crippen LogP contribution in [0.15, 0.2) is 41.3 Å². The van der Waals surface area contributed by atoms with Gasteiger partial charge in [-0.25, -0.2) is 13.6 Å². The molecule has 0 saturated carbocycles. The summed E-state index contributed by atoms with van der Waals surface area (Å²) in [7, 11) is 0. The molecule has 0 bridgehead atoms. The molecule has 230 valence electrons. The molecule has 2 aliphatic heterocycles. The maximum Gasteiger partial charge on any atom is 0.414 e. The van der Waals surface area contributed by atoms with Crippen LogP contribution in [0.3, 0.4) is 0 Å². The van der Waals surface area contributed by atoms with E-state index in [1.165, 1.54) is 22.6 Å². The number of fused-ring (bicyclic) bond motifs is 1. The Balaban J connectivity index is 1.31. The number of hydrogen-bond acceptors (Lipinski definition) is 8. The smallest absolute Gasteiger partial charge is 0.414 e. The molecule has 3 heterocycles. The summed E-state index contributed by atoms with van der Waals surface area (Å²) in [5.41, 5.74) is 0.595. The van der Waals surface area contributed by atoms with Crippen molar-refractivity contribution in [3.63, 3.8) is 0 Å². The van der Waals surface area contributed by atoms with Gasteiger partial charge in [-0.1, -0.05) is 0 Å². The number of piperazine rings is 1. The van der Waals surface area contributed by atoms with E-state index in [9.17, 15) is 19.5 Å². The lowest BCUT2D eigenvalue weighted by Crippen LogP contribution is -2.47. The Kier molecular flexibility index (Phi) is 8.83. The predicted octanol–water partition coefficient (Wildman–Crippen LogP) is 3.11. The van der Waals surface area contributed by atoms with Crippen molar-refractivity contribution >= 4 is 40.0 Å². The first-order valence-corrected chi connectivity index (χ1v) is 14.3. The lowest BCUT2D eigenvalue weighted by Gasteiger charge is -2.37. The summed E-state index contributed by atoms with van der Waals surface area (Å²) in [5.74, 6) is -1.86. The number of cyclic esters (lactones) is 1. The molecular weight excluding hydrogens is 564 g/mol. The summed E-state index contributed by atoms with van der Waals surface area (Å²) in [5, 5.41) is 12.8. The fraction of sp³-hybridized carbons (Fsp3) is 0.433. The van der Waals surface area contributed by atoms with E-state index in [-0.39, 0.29) is 41.2 Å². The molecule has 1 unspecified atom stereocenters. The monoisotopic (exact) mass is 599 g/mol. The summed E-state index contributed by atoms with van der Waals surface area (Å²) in [6, 6.07) is 8.43. The van der Waals surface area contributed by atoms with E-state index in [2.05, 4.69) is 10.2 Å². The van der Waals surface area contributed by atoms with Crippen molar-refractivity contribution in [2.75, 3.05) is 60.6 Å². The molecule has 11 nitrogen and oxygen atoms in total. The van der Waals surface area contributed by atoms with E-state index in [1.807, 2.05) is 24.3 Å². The minimum Gasteiger partial charge on any atom is -0.442 e. The quantitative estimate of drug-likeness (QED) is 0.361. The maximum absolute atomic E-state index is 16.0. The van der Waals surface area contributed by atoms with Gasteiger partial charge >= 0.3 is 6.09 Å². The number of aliphatic hydroxyl groups is 1. The number of nitrogens with one attached hydrogen (secondary N) is 1. The Hall–Kier alpha value is -4.23. The van der Waals surface area contributed by atoms with E-state index in [0.717, 1.165) is 11.8 Å². The third-order valence-electron chi connectivity index (χ3n) is 7.76. The third-order valence-corrected chi connectivity index (χ3v) is 7.76. The van der Waals surface area contributed by atoms with Crippen LogP contribution in [0.2, 0.25) is 0 Å². The van der Waals surface area contributed by atoms with Crippen LogP contribution < -0.4 is 25.4 Å². The van der Waals surface area contributed by atoms with Crippen LogP contribution in [-0.2, 0) is 20.8 Å². The topological polar surface area (TPSA) is 117 Å². The fourth-order valence-corrected chi connectivity index (χ4v) is 5.59. The number of pyridine rings is 1. The van der Waals surface area contributed by atoms with Crippen LogP contribution in [0, 0.1) is 11.6 Å². The largest absolute Gasteiger partial charge is 0.442 e. The van der Waals surface area contributed by atoms with Gasteiger partial charge in [-0.05, 0) is 44.2 Å². The second kappa shape index (κ2) is 12.6. The van der Waals surface area contributed by atoms with Crippen LogP contribution in [0.25, 0.3) is 10.9 Å². The highest BCUT2D eigenvalue weighted by molar-refractivity contribution is 5.90. The van der Waals surface area contributed by atoms with Crippen molar-refractivity contribution in [3.05, 3.63) is 63.9 Å². The van der Waals surface area contributed by atoms with E-state index < -0.39 is 35.6 Å². The van der Waals surface area contributed by atoms with Crippen molar-refractivity contribution in [1.82, 2.24) is 9.88 Å². The van der Waals surface area contributed by atoms with Crippen LogP contribution in [-0.4, -0.2) is 73.7 Å². The van der Waals surface area contributed by atoms with Crippen molar-refractivity contribution in [1.29, 1.82) is 0 Å². The normalized spacial score (nSPS) is 17.9. The average Bonchev–Trinajstić information content (AvgIpc) is 3.37. The molecule has 2 aromatic carbocycles. The lowest BCUT2D eigenvalue weighted by atomic mass is 10.1. The highest BCUT2D eigenvalue weighted by Gasteiger charge is 2.33. The van der Waals surface area contributed by atoms with Crippen LogP contribution in [0.4, 0.5) is 30.6 Å². The molecule has 5 rings (SSSR count). The van der Waals surface area contributed by atoms with E-state index in [4.69, 9.17) is 9.47 Å². The Bertz CT molecular complexity index is 1570. The van der Waals surface area contributed by atoms with Crippen LogP contribution >= 0.6 is 0 Å². The van der Waals surface area contributed by atoms with Crippen molar-refractivity contribution in [2.45, 2.75) is 39.7 Å². The number of amides is 2. The first kappa shape index (κ1) is 30.2. The minimum absolute atomic E-state index is 0.0193. The fourth-order valence-electron chi connectivity index (χ4n) is 5.59. The number of aromatic nitrogens is 1. The third kappa shape index (κ3) is 6.00. The highest BCUT2D eigenvalue weighted by Crippen LogP contribution is 2.32. The molecule has 2 aliphatic rings. The summed E-state index contributed by atoms with van der Waals surface area (Å²) < 4.78 is 43.4. The molecule has 2 fully saturated rings. The van der Waals surface area contributed by atoms with Gasteiger partial charge in [-0.15, -0.1) is 0 Å². The lowest BCUT2D eigenvalue weighted by molar-refractivity contribution is -0.119. The number of rotatable bonds is 9. The number of carbonyl (C=O) groups excluding carboxylic acids is 2. The molecule has 13 heteroatoms. The summed E-state index contributed by atoms with van der Waals surface area (Å²) in [6.07, 6.45) is -1.05. The SMILES string of the molecule is CCOC(O)c1cn(CC)c2c(F)c(N3CCN(c4ccc(N5C[C@H](CNC(C)=O)OC5=O)cc4)CC3)c(F)cc2c1=O. The molecule has 0 spiro atoms. The summed E-state index contributed by atoms with van der Waals surface area (Å²) in [4.78, 5) is 41.8. The van der Waals surface area contributed by atoms with Gasteiger partial charge in [0.05, 0.1) is 29.6 Å². The van der Waals surface area contributed by atoms with E-state index in [1.54, 1.807) is 18.7 Å². The van der Waals surface area contributed by atoms with Crippen LogP contribution in [0.1, 0.15) is 32.6 Å². The summed E-state index contributed by atoms with van der Waals surface area (Å²) in [6.45, 7) is 7.50. The molecule has 2 amide bonds. The van der Waals surface area contributed by atoms with Crippen molar-refractivity contribution < 1.29 is 33.0 Å². The van der Waals surface area contributed by atoms with Crippen molar-refractivity contribution in [2.24, 2.45) is 0 Å².